The summed E-state index contributed by atoms with van der Waals surface area (Å²) in [6.07, 6.45) is 3.05. The Morgan fingerprint density at radius 2 is 2.33 bits per heavy atom. The molecular formula is C13H21NO4. The molecule has 2 rings (SSSR count). The van der Waals surface area contributed by atoms with Crippen molar-refractivity contribution in [1.29, 1.82) is 0 Å². The Hall–Kier alpha value is -0.940. The molecule has 2 fully saturated rings. The van der Waals surface area contributed by atoms with Crippen LogP contribution in [0.15, 0.2) is 0 Å². The molecular weight excluding hydrogens is 234 g/mol. The predicted octanol–water partition coefficient (Wildman–Crippen LogP) is 0.210. The molecule has 2 aliphatic rings. The van der Waals surface area contributed by atoms with Gasteiger partial charge in [-0.2, -0.15) is 0 Å². The van der Waals surface area contributed by atoms with Gasteiger partial charge in [0.25, 0.3) is 0 Å². The van der Waals surface area contributed by atoms with Crippen molar-refractivity contribution < 1.29 is 19.4 Å². The van der Waals surface area contributed by atoms with Gasteiger partial charge in [0.05, 0.1) is 18.1 Å². The number of aldehydes is 1. The smallest absolute Gasteiger partial charge is 0.226 e. The molecule has 18 heavy (non-hydrogen) atoms. The van der Waals surface area contributed by atoms with Crippen molar-refractivity contribution in [2.45, 2.75) is 37.9 Å². The van der Waals surface area contributed by atoms with E-state index in [1.54, 1.807) is 11.9 Å². The summed E-state index contributed by atoms with van der Waals surface area (Å²) in [7, 11) is 1.72. The largest absolute Gasteiger partial charge is 0.390 e. The Morgan fingerprint density at radius 1 is 1.56 bits per heavy atom. The van der Waals surface area contributed by atoms with Gasteiger partial charge in [-0.05, 0) is 19.3 Å². The SMILES string of the molecule is CN1CC(C(O)C2CCCCO2)C(CC=O)C1=O. The van der Waals surface area contributed by atoms with Gasteiger partial charge in [0.15, 0.2) is 0 Å². The minimum Gasteiger partial charge on any atom is -0.390 e. The van der Waals surface area contributed by atoms with Crippen LogP contribution < -0.4 is 0 Å². The zero-order valence-electron chi connectivity index (χ0n) is 10.7. The topological polar surface area (TPSA) is 66.8 Å². The Labute approximate surface area is 107 Å². The first kappa shape index (κ1) is 13.5. The summed E-state index contributed by atoms with van der Waals surface area (Å²) in [6.45, 7) is 1.19. The van der Waals surface area contributed by atoms with E-state index in [2.05, 4.69) is 0 Å². The van der Waals surface area contributed by atoms with Gasteiger partial charge in [-0.15, -0.1) is 0 Å². The normalized spacial score (nSPS) is 34.7. The predicted molar refractivity (Wildman–Crippen MR) is 64.9 cm³/mol. The molecule has 0 spiro atoms. The van der Waals surface area contributed by atoms with Gasteiger partial charge < -0.3 is 19.5 Å². The van der Waals surface area contributed by atoms with Gasteiger partial charge in [-0.1, -0.05) is 0 Å². The van der Waals surface area contributed by atoms with Crippen molar-refractivity contribution in [3.63, 3.8) is 0 Å². The molecule has 2 heterocycles. The highest BCUT2D eigenvalue weighted by molar-refractivity contribution is 5.83. The molecule has 0 saturated carbocycles. The third-order valence-corrected chi connectivity index (χ3v) is 4.08. The van der Waals surface area contributed by atoms with Gasteiger partial charge >= 0.3 is 0 Å². The average molecular weight is 255 g/mol. The molecule has 102 valence electrons. The lowest BCUT2D eigenvalue weighted by Gasteiger charge is -2.31. The van der Waals surface area contributed by atoms with Gasteiger partial charge in [0.1, 0.15) is 6.29 Å². The molecule has 0 aromatic carbocycles. The number of aliphatic hydroxyl groups is 1. The van der Waals surface area contributed by atoms with Crippen LogP contribution in [0.4, 0.5) is 0 Å². The summed E-state index contributed by atoms with van der Waals surface area (Å²) < 4.78 is 5.58. The number of carbonyl (C=O) groups is 2. The Balaban J connectivity index is 2.05. The molecule has 0 aromatic rings. The van der Waals surface area contributed by atoms with Crippen molar-refractivity contribution >= 4 is 12.2 Å². The molecule has 4 atom stereocenters. The maximum absolute atomic E-state index is 11.9. The molecule has 4 unspecified atom stereocenters. The Bertz CT molecular complexity index is 314. The van der Waals surface area contributed by atoms with E-state index in [4.69, 9.17) is 4.74 Å². The lowest BCUT2D eigenvalue weighted by atomic mass is 9.84. The second-order valence-corrected chi connectivity index (χ2v) is 5.29. The molecule has 0 radical (unpaired) electrons. The van der Waals surface area contributed by atoms with Gasteiger partial charge in [-0.3, -0.25) is 4.79 Å². The van der Waals surface area contributed by atoms with E-state index in [-0.39, 0.29) is 30.3 Å². The van der Waals surface area contributed by atoms with E-state index in [9.17, 15) is 14.7 Å². The van der Waals surface area contributed by atoms with Crippen molar-refractivity contribution in [2.75, 3.05) is 20.2 Å². The first-order valence-electron chi connectivity index (χ1n) is 6.63. The standard InChI is InChI=1S/C13H21NO4/c1-14-8-10(9(5-6-15)13(14)17)12(16)11-4-2-3-7-18-11/h6,9-12,16H,2-5,7-8H2,1H3. The number of amides is 1. The number of hydrogen-bond acceptors (Lipinski definition) is 4. The van der Waals surface area contributed by atoms with E-state index in [0.29, 0.717) is 13.2 Å². The highest BCUT2D eigenvalue weighted by atomic mass is 16.5. The van der Waals surface area contributed by atoms with Crippen LogP contribution in [-0.4, -0.2) is 54.6 Å². The minimum absolute atomic E-state index is 0.0399. The second-order valence-electron chi connectivity index (χ2n) is 5.29. The van der Waals surface area contributed by atoms with E-state index in [0.717, 1.165) is 25.5 Å². The Kier molecular flexibility index (Phi) is 4.35. The van der Waals surface area contributed by atoms with Crippen molar-refractivity contribution in [3.8, 4) is 0 Å². The average Bonchev–Trinajstić information content (AvgIpc) is 2.68. The Morgan fingerprint density at radius 3 is 2.94 bits per heavy atom. The van der Waals surface area contributed by atoms with E-state index in [1.165, 1.54) is 0 Å². The molecule has 2 saturated heterocycles. The van der Waals surface area contributed by atoms with Crippen LogP contribution >= 0.6 is 0 Å². The summed E-state index contributed by atoms with van der Waals surface area (Å²) in [5.41, 5.74) is 0. The van der Waals surface area contributed by atoms with Gasteiger partial charge in [0, 0.05) is 32.5 Å². The first-order chi connectivity index (χ1) is 8.65. The zero-order valence-corrected chi connectivity index (χ0v) is 10.7. The van der Waals surface area contributed by atoms with Crippen molar-refractivity contribution in [1.82, 2.24) is 4.90 Å². The summed E-state index contributed by atoms with van der Waals surface area (Å²) in [4.78, 5) is 24.2. The maximum Gasteiger partial charge on any atom is 0.226 e. The summed E-state index contributed by atoms with van der Waals surface area (Å²) in [5, 5.41) is 10.4. The van der Waals surface area contributed by atoms with Crippen LogP contribution in [0.3, 0.4) is 0 Å². The van der Waals surface area contributed by atoms with E-state index >= 15 is 0 Å². The maximum atomic E-state index is 11.9. The fourth-order valence-electron chi connectivity index (χ4n) is 3.04. The first-order valence-corrected chi connectivity index (χ1v) is 6.63. The summed E-state index contributed by atoms with van der Waals surface area (Å²) in [6, 6.07) is 0. The fraction of sp³-hybridized carbons (Fsp3) is 0.846. The van der Waals surface area contributed by atoms with Crippen LogP contribution in [0.2, 0.25) is 0 Å². The highest BCUT2D eigenvalue weighted by Gasteiger charge is 2.44. The number of ether oxygens (including phenoxy) is 1. The molecule has 1 N–H and O–H groups in total. The van der Waals surface area contributed by atoms with Crippen molar-refractivity contribution in [3.05, 3.63) is 0 Å². The highest BCUT2D eigenvalue weighted by Crippen LogP contribution is 2.32. The molecule has 1 amide bonds. The number of aliphatic hydroxyl groups excluding tert-OH is 1. The number of likely N-dealkylation sites (tertiary alicyclic amines) is 1. The molecule has 2 aliphatic heterocycles. The van der Waals surface area contributed by atoms with Crippen LogP contribution in [0.5, 0.6) is 0 Å². The number of nitrogens with zero attached hydrogens (tertiary/aromatic N) is 1. The zero-order chi connectivity index (χ0) is 13.1. The third-order valence-electron chi connectivity index (χ3n) is 4.08. The quantitative estimate of drug-likeness (QED) is 0.729. The third kappa shape index (κ3) is 2.57. The van der Waals surface area contributed by atoms with Crippen molar-refractivity contribution in [2.24, 2.45) is 11.8 Å². The molecule has 0 bridgehead atoms. The fourth-order valence-corrected chi connectivity index (χ4v) is 3.04. The number of carbonyl (C=O) groups excluding carboxylic acids is 2. The number of hydrogen-bond donors (Lipinski definition) is 1. The van der Waals surface area contributed by atoms with E-state index < -0.39 is 6.10 Å². The second kappa shape index (κ2) is 5.80. The lowest BCUT2D eigenvalue weighted by Crippen LogP contribution is -2.41. The summed E-state index contributed by atoms with van der Waals surface area (Å²) in [5.74, 6) is -0.606. The van der Waals surface area contributed by atoms with Crippen LogP contribution in [0.1, 0.15) is 25.7 Å². The minimum atomic E-state index is -0.649. The van der Waals surface area contributed by atoms with Crippen LogP contribution in [-0.2, 0) is 14.3 Å². The molecule has 0 aliphatic carbocycles. The van der Waals surface area contributed by atoms with Gasteiger partial charge in [-0.25, -0.2) is 0 Å². The lowest BCUT2D eigenvalue weighted by molar-refractivity contribution is -0.133. The van der Waals surface area contributed by atoms with Gasteiger partial charge in [0.2, 0.25) is 5.91 Å². The molecule has 5 heteroatoms. The summed E-state index contributed by atoms with van der Waals surface area (Å²) >= 11 is 0. The molecule has 0 aromatic heterocycles. The molecule has 5 nitrogen and oxygen atoms in total. The van der Waals surface area contributed by atoms with Crippen LogP contribution in [0.25, 0.3) is 0 Å². The van der Waals surface area contributed by atoms with Crippen LogP contribution in [0, 0.1) is 11.8 Å². The number of rotatable bonds is 4. The monoisotopic (exact) mass is 255 g/mol. The van der Waals surface area contributed by atoms with E-state index in [1.807, 2.05) is 0 Å².